The molecular weight excluding hydrogens is 369 g/mol. The quantitative estimate of drug-likeness (QED) is 0.797. The molecule has 1 saturated carbocycles. The highest BCUT2D eigenvalue weighted by molar-refractivity contribution is 7.92. The molecule has 0 aromatic heterocycles. The van der Waals surface area contributed by atoms with Gasteiger partial charge in [0.25, 0.3) is 9.84 Å². The monoisotopic (exact) mass is 390 g/mol. The number of amides is 1. The van der Waals surface area contributed by atoms with Gasteiger partial charge in [-0.25, -0.2) is 8.42 Å². The van der Waals surface area contributed by atoms with E-state index in [2.05, 4.69) is 0 Å². The Kier molecular flexibility index (Phi) is 5.18. The number of carbonyl (C=O) groups is 1. The Balaban J connectivity index is 1.75. The number of nitrogens with zero attached hydrogens (tertiary/aromatic N) is 2. The van der Waals surface area contributed by atoms with Gasteiger partial charge in [-0.15, -0.1) is 0 Å². The van der Waals surface area contributed by atoms with Gasteiger partial charge in [-0.2, -0.15) is 13.2 Å². The zero-order valence-electron chi connectivity index (χ0n) is 14.2. The summed E-state index contributed by atoms with van der Waals surface area (Å²) in [6, 6.07) is 5.16. The van der Waals surface area contributed by atoms with E-state index in [9.17, 15) is 26.4 Å². The first kappa shape index (κ1) is 19.0. The third-order valence-electron chi connectivity index (χ3n) is 5.10. The second-order valence-corrected chi connectivity index (χ2v) is 8.62. The topological polar surface area (TPSA) is 57.7 Å². The molecule has 1 heterocycles. The van der Waals surface area contributed by atoms with Gasteiger partial charge in [-0.05, 0) is 25.0 Å². The summed E-state index contributed by atoms with van der Waals surface area (Å²) in [6.45, 7) is 1.39. The summed E-state index contributed by atoms with van der Waals surface area (Å²) in [5, 5.41) is 0. The van der Waals surface area contributed by atoms with Gasteiger partial charge in [0, 0.05) is 32.1 Å². The van der Waals surface area contributed by atoms with E-state index in [4.69, 9.17) is 0 Å². The van der Waals surface area contributed by atoms with Crippen LogP contribution in [0.2, 0.25) is 0 Å². The normalized spacial score (nSPS) is 19.8. The molecule has 0 radical (unpaired) electrons. The number of alkyl halides is 3. The maximum absolute atomic E-state index is 12.9. The van der Waals surface area contributed by atoms with Crippen molar-refractivity contribution in [3.8, 4) is 0 Å². The van der Waals surface area contributed by atoms with Crippen LogP contribution in [0.3, 0.4) is 0 Å². The van der Waals surface area contributed by atoms with Gasteiger partial charge in [-0.1, -0.05) is 25.0 Å². The fraction of sp³-hybridized carbons (Fsp3) is 0.588. The van der Waals surface area contributed by atoms with Gasteiger partial charge in [0.15, 0.2) is 0 Å². The average molecular weight is 390 g/mol. The molecular formula is C17H21F3N2O3S. The van der Waals surface area contributed by atoms with E-state index in [1.807, 2.05) is 0 Å². The number of para-hydroxylation sites is 1. The van der Waals surface area contributed by atoms with Crippen LogP contribution in [-0.2, 0) is 14.6 Å². The second kappa shape index (κ2) is 7.09. The maximum Gasteiger partial charge on any atom is 0.501 e. The van der Waals surface area contributed by atoms with Crippen LogP contribution in [0, 0.1) is 5.92 Å². The summed E-state index contributed by atoms with van der Waals surface area (Å²) in [5.41, 5.74) is -5.30. The van der Waals surface area contributed by atoms with Crippen LogP contribution in [0.4, 0.5) is 18.9 Å². The zero-order chi connectivity index (χ0) is 18.9. The number of anilines is 1. The van der Waals surface area contributed by atoms with E-state index in [0.29, 0.717) is 26.2 Å². The molecule has 9 heteroatoms. The molecule has 5 nitrogen and oxygen atoms in total. The Labute approximate surface area is 150 Å². The third-order valence-corrected chi connectivity index (χ3v) is 6.63. The molecule has 0 bridgehead atoms. The minimum absolute atomic E-state index is 0.0396. The number of benzene rings is 1. The van der Waals surface area contributed by atoms with Crippen LogP contribution >= 0.6 is 0 Å². The number of hydrogen-bond donors (Lipinski definition) is 0. The fourth-order valence-electron chi connectivity index (χ4n) is 3.67. The first-order valence-electron chi connectivity index (χ1n) is 8.66. The van der Waals surface area contributed by atoms with E-state index in [1.165, 1.54) is 18.2 Å². The smallest absolute Gasteiger partial charge is 0.367 e. The van der Waals surface area contributed by atoms with Crippen LogP contribution in [-0.4, -0.2) is 50.9 Å². The standard InChI is InChI=1S/C17H21F3N2O3S/c18-17(19,20)26(24,25)15-8-4-3-7-14(15)21-9-11-22(12-10-21)16(23)13-5-1-2-6-13/h3-4,7-8,13H,1-2,5-6,9-12H2. The molecule has 0 spiro atoms. The number of carbonyl (C=O) groups excluding carboxylic acids is 1. The van der Waals surface area contributed by atoms with Gasteiger partial charge in [-0.3, -0.25) is 4.79 Å². The van der Waals surface area contributed by atoms with E-state index in [0.717, 1.165) is 31.7 Å². The molecule has 1 aromatic rings. The van der Waals surface area contributed by atoms with Crippen molar-refractivity contribution < 1.29 is 26.4 Å². The molecule has 1 aliphatic heterocycles. The Hall–Kier alpha value is -1.77. The number of rotatable bonds is 3. The first-order chi connectivity index (χ1) is 12.2. The van der Waals surface area contributed by atoms with E-state index >= 15 is 0 Å². The van der Waals surface area contributed by atoms with Crippen LogP contribution in [0.5, 0.6) is 0 Å². The highest BCUT2D eigenvalue weighted by Crippen LogP contribution is 2.36. The lowest BCUT2D eigenvalue weighted by atomic mass is 10.1. The molecule has 1 saturated heterocycles. The minimum Gasteiger partial charge on any atom is -0.367 e. The van der Waals surface area contributed by atoms with Crippen molar-refractivity contribution in [3.05, 3.63) is 24.3 Å². The van der Waals surface area contributed by atoms with Gasteiger partial charge in [0.2, 0.25) is 5.91 Å². The predicted octanol–water partition coefficient (Wildman–Crippen LogP) is 2.82. The van der Waals surface area contributed by atoms with Crippen molar-refractivity contribution in [2.24, 2.45) is 5.92 Å². The molecule has 0 atom stereocenters. The number of halogens is 3. The largest absolute Gasteiger partial charge is 0.501 e. The Morgan fingerprint density at radius 1 is 1.00 bits per heavy atom. The fourth-order valence-corrected chi connectivity index (χ4v) is 4.65. The minimum atomic E-state index is -5.42. The molecule has 1 amide bonds. The van der Waals surface area contributed by atoms with Crippen molar-refractivity contribution >= 4 is 21.4 Å². The highest BCUT2D eigenvalue weighted by Gasteiger charge is 2.48. The predicted molar refractivity (Wildman–Crippen MR) is 90.4 cm³/mol. The van der Waals surface area contributed by atoms with Gasteiger partial charge in [0.1, 0.15) is 0 Å². The summed E-state index contributed by atoms with van der Waals surface area (Å²) in [5.74, 6) is 0.165. The molecule has 3 rings (SSSR count). The van der Waals surface area contributed by atoms with Gasteiger partial charge in [0.05, 0.1) is 10.6 Å². The van der Waals surface area contributed by atoms with Gasteiger partial charge < -0.3 is 9.80 Å². The molecule has 2 aliphatic rings. The molecule has 1 aliphatic carbocycles. The van der Waals surface area contributed by atoms with E-state index in [-0.39, 0.29) is 17.5 Å². The lowest BCUT2D eigenvalue weighted by Crippen LogP contribution is -2.50. The Bertz CT molecular complexity index is 766. The SMILES string of the molecule is O=C(C1CCCC1)N1CCN(c2ccccc2S(=O)(=O)C(F)(F)F)CC1. The number of piperazine rings is 1. The molecule has 0 N–H and O–H groups in total. The van der Waals surface area contributed by atoms with Crippen molar-refractivity contribution in [2.75, 3.05) is 31.1 Å². The molecule has 144 valence electrons. The van der Waals surface area contributed by atoms with Crippen molar-refractivity contribution in [1.29, 1.82) is 0 Å². The summed E-state index contributed by atoms with van der Waals surface area (Å²) in [6.07, 6.45) is 3.90. The van der Waals surface area contributed by atoms with Crippen LogP contribution in [0.15, 0.2) is 29.2 Å². The lowest BCUT2D eigenvalue weighted by Gasteiger charge is -2.37. The number of hydrogen-bond acceptors (Lipinski definition) is 4. The van der Waals surface area contributed by atoms with Crippen LogP contribution in [0.1, 0.15) is 25.7 Å². The molecule has 1 aromatic carbocycles. The van der Waals surface area contributed by atoms with Crippen molar-refractivity contribution in [3.63, 3.8) is 0 Å². The number of sulfone groups is 1. The third kappa shape index (κ3) is 3.54. The summed E-state index contributed by atoms with van der Waals surface area (Å²) in [7, 11) is -5.42. The molecule has 26 heavy (non-hydrogen) atoms. The van der Waals surface area contributed by atoms with E-state index in [1.54, 1.807) is 9.80 Å². The Morgan fingerprint density at radius 3 is 2.15 bits per heavy atom. The van der Waals surface area contributed by atoms with Gasteiger partial charge >= 0.3 is 5.51 Å². The van der Waals surface area contributed by atoms with E-state index < -0.39 is 20.2 Å². The van der Waals surface area contributed by atoms with Crippen LogP contribution in [0.25, 0.3) is 0 Å². The van der Waals surface area contributed by atoms with Crippen LogP contribution < -0.4 is 4.90 Å². The molecule has 0 unspecified atom stereocenters. The first-order valence-corrected chi connectivity index (χ1v) is 10.1. The zero-order valence-corrected chi connectivity index (χ0v) is 15.0. The van der Waals surface area contributed by atoms with Crippen molar-refractivity contribution in [1.82, 2.24) is 4.90 Å². The lowest BCUT2D eigenvalue weighted by molar-refractivity contribution is -0.135. The maximum atomic E-state index is 12.9. The summed E-state index contributed by atoms with van der Waals surface area (Å²) in [4.78, 5) is 15.1. The highest BCUT2D eigenvalue weighted by atomic mass is 32.2. The summed E-state index contributed by atoms with van der Waals surface area (Å²) < 4.78 is 62.5. The average Bonchev–Trinajstić information content (AvgIpc) is 3.15. The second-order valence-electron chi connectivity index (χ2n) is 6.71. The van der Waals surface area contributed by atoms with Crippen molar-refractivity contribution in [2.45, 2.75) is 36.1 Å². The Morgan fingerprint density at radius 2 is 1.58 bits per heavy atom. The summed E-state index contributed by atoms with van der Waals surface area (Å²) >= 11 is 0. The molecule has 2 fully saturated rings.